The largest absolute Gasteiger partial charge is 0.466 e. The van der Waals surface area contributed by atoms with Gasteiger partial charge in [0.2, 0.25) is 0 Å². The van der Waals surface area contributed by atoms with Gasteiger partial charge in [-0.15, -0.1) is 0 Å². The number of hydrogen-bond donors (Lipinski definition) is 0. The number of hydrazone groups is 1. The van der Waals surface area contributed by atoms with Crippen LogP contribution in [-0.4, -0.2) is 86.5 Å². The summed E-state index contributed by atoms with van der Waals surface area (Å²) < 4.78 is 10.4. The van der Waals surface area contributed by atoms with Crippen molar-refractivity contribution >= 4 is 17.9 Å². The first kappa shape index (κ1) is 22.7. The fraction of sp³-hybridized carbons (Fsp3) is 0.625. The number of piperidine rings is 1. The topological polar surface area (TPSA) is 76.0 Å². The lowest BCUT2D eigenvalue weighted by Crippen LogP contribution is -2.39. The molecule has 1 unspecified atom stereocenters. The number of rotatable bonds is 8. The van der Waals surface area contributed by atoms with E-state index in [9.17, 15) is 4.79 Å². The molecule has 32 heavy (non-hydrogen) atoms. The maximum absolute atomic E-state index is 11.7. The van der Waals surface area contributed by atoms with Crippen molar-refractivity contribution in [1.82, 2.24) is 9.91 Å². The summed E-state index contributed by atoms with van der Waals surface area (Å²) in [7, 11) is 0. The summed E-state index contributed by atoms with van der Waals surface area (Å²) in [6.45, 7) is 8.35. The van der Waals surface area contributed by atoms with E-state index in [0.717, 1.165) is 82.0 Å². The molecule has 0 amide bonds. The van der Waals surface area contributed by atoms with Crippen molar-refractivity contribution in [3.63, 3.8) is 0 Å². The Hall–Kier alpha value is -2.45. The Kier molecular flexibility index (Phi) is 8.12. The van der Waals surface area contributed by atoms with Crippen LogP contribution >= 0.6 is 0 Å². The SMILES string of the molecule is CCOC(=O)CC1CCN(CC2CC(c3ccc(C=NN4CCOCC4)cc3)=NO2)CC1. The van der Waals surface area contributed by atoms with Crippen molar-refractivity contribution < 1.29 is 19.1 Å². The summed E-state index contributed by atoms with van der Waals surface area (Å²) >= 11 is 0. The first-order valence-electron chi connectivity index (χ1n) is 11.8. The first-order valence-corrected chi connectivity index (χ1v) is 11.8. The molecule has 0 aromatic heterocycles. The van der Waals surface area contributed by atoms with Gasteiger partial charge < -0.3 is 14.3 Å². The van der Waals surface area contributed by atoms with Gasteiger partial charge in [-0.1, -0.05) is 29.4 Å². The number of esters is 1. The van der Waals surface area contributed by atoms with Crippen molar-refractivity contribution in [1.29, 1.82) is 0 Å². The average Bonchev–Trinajstić information content (AvgIpc) is 3.29. The monoisotopic (exact) mass is 442 g/mol. The number of ether oxygens (including phenoxy) is 2. The van der Waals surface area contributed by atoms with Gasteiger partial charge in [-0.2, -0.15) is 5.10 Å². The van der Waals surface area contributed by atoms with E-state index in [2.05, 4.69) is 39.4 Å². The Balaban J connectivity index is 1.19. The molecule has 0 N–H and O–H groups in total. The lowest BCUT2D eigenvalue weighted by Gasteiger charge is -2.32. The molecular formula is C24H34N4O4. The Morgan fingerprint density at radius 1 is 1.19 bits per heavy atom. The smallest absolute Gasteiger partial charge is 0.306 e. The zero-order valence-electron chi connectivity index (χ0n) is 18.9. The van der Waals surface area contributed by atoms with Crippen LogP contribution in [0.1, 0.15) is 43.7 Å². The van der Waals surface area contributed by atoms with Crippen molar-refractivity contribution in [3.05, 3.63) is 35.4 Å². The number of oxime groups is 1. The van der Waals surface area contributed by atoms with E-state index in [0.29, 0.717) is 18.9 Å². The molecule has 0 radical (unpaired) electrons. The van der Waals surface area contributed by atoms with E-state index < -0.39 is 0 Å². The molecule has 3 aliphatic heterocycles. The summed E-state index contributed by atoms with van der Waals surface area (Å²) in [6.07, 6.45) is 5.43. The van der Waals surface area contributed by atoms with Gasteiger partial charge >= 0.3 is 5.97 Å². The van der Waals surface area contributed by atoms with Gasteiger partial charge in [0.1, 0.15) is 6.10 Å². The average molecular weight is 443 g/mol. The van der Waals surface area contributed by atoms with Crippen molar-refractivity contribution in [3.8, 4) is 0 Å². The molecule has 1 aromatic carbocycles. The maximum atomic E-state index is 11.7. The van der Waals surface area contributed by atoms with Gasteiger partial charge in [0, 0.05) is 19.4 Å². The summed E-state index contributed by atoms with van der Waals surface area (Å²) in [5, 5.41) is 10.9. The molecular weight excluding hydrogens is 408 g/mol. The summed E-state index contributed by atoms with van der Waals surface area (Å²) in [5.41, 5.74) is 3.18. The van der Waals surface area contributed by atoms with Crippen LogP contribution in [0, 0.1) is 5.92 Å². The standard InChI is InChI=1S/C24H34N4O4/c1-2-31-24(29)15-19-7-9-27(10-8-19)18-22-16-23(26-32-22)21-5-3-20(4-6-21)17-25-28-11-13-30-14-12-28/h3-6,17,19,22H,2,7-16,18H2,1H3. The van der Waals surface area contributed by atoms with Gasteiger partial charge in [-0.3, -0.25) is 14.7 Å². The second-order valence-corrected chi connectivity index (χ2v) is 8.66. The van der Waals surface area contributed by atoms with E-state index >= 15 is 0 Å². The van der Waals surface area contributed by atoms with Crippen LogP contribution in [0.15, 0.2) is 34.5 Å². The van der Waals surface area contributed by atoms with Gasteiger partial charge in [0.15, 0.2) is 0 Å². The Labute approximate surface area is 190 Å². The van der Waals surface area contributed by atoms with E-state index in [1.54, 1.807) is 0 Å². The normalized spacial score (nSPS) is 22.7. The maximum Gasteiger partial charge on any atom is 0.306 e. The molecule has 8 nitrogen and oxygen atoms in total. The lowest BCUT2D eigenvalue weighted by atomic mass is 9.93. The molecule has 0 aliphatic carbocycles. The van der Waals surface area contributed by atoms with E-state index in [4.69, 9.17) is 14.3 Å². The quantitative estimate of drug-likeness (QED) is 0.455. The predicted octanol–water partition coefficient (Wildman–Crippen LogP) is 2.51. The third-order valence-electron chi connectivity index (χ3n) is 6.26. The van der Waals surface area contributed by atoms with Crippen LogP contribution in [0.25, 0.3) is 0 Å². The van der Waals surface area contributed by atoms with Crippen LogP contribution in [0.4, 0.5) is 0 Å². The number of carbonyl (C=O) groups is 1. The Morgan fingerprint density at radius 3 is 2.66 bits per heavy atom. The van der Waals surface area contributed by atoms with E-state index in [1.807, 2.05) is 18.1 Å². The molecule has 1 atom stereocenters. The summed E-state index contributed by atoms with van der Waals surface area (Å²) in [6, 6.07) is 8.32. The molecule has 0 spiro atoms. The van der Waals surface area contributed by atoms with Crippen LogP contribution in [0.3, 0.4) is 0 Å². The highest BCUT2D eigenvalue weighted by Gasteiger charge is 2.28. The minimum Gasteiger partial charge on any atom is -0.466 e. The Bertz CT molecular complexity index is 797. The predicted molar refractivity (Wildman–Crippen MR) is 123 cm³/mol. The second kappa shape index (κ2) is 11.4. The zero-order chi connectivity index (χ0) is 22.2. The minimum atomic E-state index is -0.0681. The number of likely N-dealkylation sites (tertiary alicyclic amines) is 1. The number of nitrogens with zero attached hydrogens (tertiary/aromatic N) is 4. The van der Waals surface area contributed by atoms with Gasteiger partial charge in [0.25, 0.3) is 0 Å². The highest BCUT2D eigenvalue weighted by atomic mass is 16.6. The third kappa shape index (κ3) is 6.53. The third-order valence-corrected chi connectivity index (χ3v) is 6.26. The Morgan fingerprint density at radius 2 is 1.94 bits per heavy atom. The van der Waals surface area contributed by atoms with Crippen molar-refractivity contribution in [2.45, 2.75) is 38.7 Å². The van der Waals surface area contributed by atoms with Crippen LogP contribution in [0.2, 0.25) is 0 Å². The van der Waals surface area contributed by atoms with E-state index in [-0.39, 0.29) is 12.1 Å². The van der Waals surface area contributed by atoms with Gasteiger partial charge in [0.05, 0.1) is 44.8 Å². The molecule has 0 saturated carbocycles. The molecule has 3 heterocycles. The molecule has 0 bridgehead atoms. The summed E-state index contributed by atoms with van der Waals surface area (Å²) in [4.78, 5) is 19.8. The molecule has 2 fully saturated rings. The first-order chi connectivity index (χ1) is 15.7. The van der Waals surface area contributed by atoms with Crippen molar-refractivity contribution in [2.75, 3.05) is 52.5 Å². The summed E-state index contributed by atoms with van der Waals surface area (Å²) in [5.74, 6) is 0.369. The molecule has 3 aliphatic rings. The lowest BCUT2D eigenvalue weighted by molar-refractivity contribution is -0.144. The highest BCUT2D eigenvalue weighted by molar-refractivity contribution is 6.01. The minimum absolute atomic E-state index is 0.0681. The number of carbonyl (C=O) groups excluding carboxylic acids is 1. The van der Waals surface area contributed by atoms with E-state index in [1.165, 1.54) is 0 Å². The molecule has 2 saturated heterocycles. The molecule has 8 heteroatoms. The number of morpholine rings is 1. The number of hydrogen-bond acceptors (Lipinski definition) is 8. The zero-order valence-corrected chi connectivity index (χ0v) is 18.9. The number of benzene rings is 1. The van der Waals surface area contributed by atoms with Crippen LogP contribution < -0.4 is 0 Å². The molecule has 4 rings (SSSR count). The van der Waals surface area contributed by atoms with Crippen LogP contribution in [-0.2, 0) is 19.1 Å². The van der Waals surface area contributed by atoms with Crippen LogP contribution in [0.5, 0.6) is 0 Å². The highest BCUT2D eigenvalue weighted by Crippen LogP contribution is 2.23. The molecule has 1 aromatic rings. The van der Waals surface area contributed by atoms with Gasteiger partial charge in [-0.05, 0) is 49.9 Å². The fourth-order valence-corrected chi connectivity index (χ4v) is 4.39. The second-order valence-electron chi connectivity index (χ2n) is 8.66. The fourth-order valence-electron chi connectivity index (χ4n) is 4.39. The van der Waals surface area contributed by atoms with Gasteiger partial charge in [-0.25, -0.2) is 0 Å². The van der Waals surface area contributed by atoms with Crippen molar-refractivity contribution in [2.24, 2.45) is 16.2 Å². The molecule has 174 valence electrons.